The fourth-order valence-corrected chi connectivity index (χ4v) is 3.83. The summed E-state index contributed by atoms with van der Waals surface area (Å²) < 4.78 is 7.00. The third-order valence-corrected chi connectivity index (χ3v) is 5.35. The van der Waals surface area contributed by atoms with E-state index in [4.69, 9.17) is 16.3 Å². The van der Waals surface area contributed by atoms with Crippen LogP contribution in [0, 0.1) is 0 Å². The summed E-state index contributed by atoms with van der Waals surface area (Å²) in [6.07, 6.45) is 0.691. The normalized spacial score (nSPS) is 11.0. The average molecular weight is 432 g/mol. The average Bonchev–Trinajstić information content (AvgIpc) is 2.71. The van der Waals surface area contributed by atoms with Gasteiger partial charge in [0.05, 0.1) is 16.7 Å². The Bertz CT molecular complexity index is 1050. The molecule has 0 spiro atoms. The first kappa shape index (κ1) is 21.4. The van der Waals surface area contributed by atoms with Gasteiger partial charge in [0.2, 0.25) is 5.91 Å². The van der Waals surface area contributed by atoms with Crippen molar-refractivity contribution in [3.05, 3.63) is 63.9 Å². The fraction of sp³-hybridized carbons (Fsp3) is 0.286. The lowest BCUT2D eigenvalue weighted by Crippen LogP contribution is -2.25. The molecule has 0 unspecified atom stereocenters. The number of hydrogen-bond donors (Lipinski definition) is 1. The number of thioether (sulfide) groups is 1. The topological polar surface area (TPSA) is 73.2 Å². The van der Waals surface area contributed by atoms with Crippen LogP contribution in [0.4, 0.5) is 5.69 Å². The van der Waals surface area contributed by atoms with Gasteiger partial charge in [0.25, 0.3) is 5.56 Å². The van der Waals surface area contributed by atoms with Gasteiger partial charge in [0.1, 0.15) is 0 Å². The van der Waals surface area contributed by atoms with Gasteiger partial charge in [-0.3, -0.25) is 14.2 Å². The number of hydrogen-bond acceptors (Lipinski definition) is 5. The summed E-state index contributed by atoms with van der Waals surface area (Å²) in [5.41, 5.74) is 1.14. The molecule has 0 aliphatic rings. The van der Waals surface area contributed by atoms with E-state index in [0.29, 0.717) is 52.9 Å². The first-order valence-corrected chi connectivity index (χ1v) is 10.7. The number of nitrogens with one attached hydrogen (secondary N) is 1. The molecule has 1 heterocycles. The third kappa shape index (κ3) is 5.82. The minimum atomic E-state index is -0.194. The maximum Gasteiger partial charge on any atom is 0.262 e. The second-order valence-corrected chi connectivity index (χ2v) is 7.64. The summed E-state index contributed by atoms with van der Waals surface area (Å²) in [5, 5.41) is 4.44. The van der Waals surface area contributed by atoms with Gasteiger partial charge in [-0.2, -0.15) is 0 Å². The Balaban J connectivity index is 1.77. The van der Waals surface area contributed by atoms with Crippen molar-refractivity contribution >= 4 is 45.9 Å². The molecule has 0 saturated carbocycles. The van der Waals surface area contributed by atoms with E-state index in [2.05, 4.69) is 10.3 Å². The van der Waals surface area contributed by atoms with Crippen LogP contribution in [0.2, 0.25) is 5.02 Å². The Morgan fingerprint density at radius 2 is 2.07 bits per heavy atom. The lowest BCUT2D eigenvalue weighted by Gasteiger charge is -2.13. The van der Waals surface area contributed by atoms with Gasteiger partial charge in [0.15, 0.2) is 5.16 Å². The lowest BCUT2D eigenvalue weighted by atomic mass is 10.2. The van der Waals surface area contributed by atoms with Crippen LogP contribution in [0.1, 0.15) is 13.3 Å². The maximum absolute atomic E-state index is 12.9. The van der Waals surface area contributed by atoms with E-state index in [1.165, 1.54) is 11.8 Å². The smallest absolute Gasteiger partial charge is 0.262 e. The van der Waals surface area contributed by atoms with Crippen molar-refractivity contribution < 1.29 is 9.53 Å². The van der Waals surface area contributed by atoms with E-state index in [1.54, 1.807) is 41.0 Å². The van der Waals surface area contributed by atoms with Gasteiger partial charge in [-0.05, 0) is 43.7 Å². The van der Waals surface area contributed by atoms with Crippen LogP contribution in [-0.4, -0.2) is 34.4 Å². The standard InChI is InChI=1S/C21H22ClN3O3S/c1-2-28-12-6-11-25-20(27)17-9-3-4-10-18(17)24-21(25)29-14-19(26)23-16-8-5-7-15(22)13-16/h3-5,7-10,13H,2,6,11-12,14H2,1H3,(H,23,26). The van der Waals surface area contributed by atoms with Crippen molar-refractivity contribution in [3.63, 3.8) is 0 Å². The number of anilines is 1. The molecular weight excluding hydrogens is 410 g/mol. The Hall–Kier alpha value is -2.35. The Kier molecular flexibility index (Phi) is 7.69. The number of benzene rings is 2. The summed E-state index contributed by atoms with van der Waals surface area (Å²) in [6.45, 7) is 3.61. The number of amides is 1. The SMILES string of the molecule is CCOCCCn1c(SCC(=O)Nc2cccc(Cl)c2)nc2ccccc2c1=O. The summed E-state index contributed by atoms with van der Waals surface area (Å²) in [6, 6.07) is 14.2. The maximum atomic E-state index is 12.9. The second-order valence-electron chi connectivity index (χ2n) is 6.27. The van der Waals surface area contributed by atoms with E-state index in [-0.39, 0.29) is 17.2 Å². The van der Waals surface area contributed by atoms with Crippen LogP contribution >= 0.6 is 23.4 Å². The summed E-state index contributed by atoms with van der Waals surface area (Å²) in [5.74, 6) is -0.0662. The Labute approximate surface area is 178 Å². The van der Waals surface area contributed by atoms with Crippen LogP contribution < -0.4 is 10.9 Å². The van der Waals surface area contributed by atoms with Crippen molar-refractivity contribution in [2.45, 2.75) is 25.0 Å². The van der Waals surface area contributed by atoms with Crippen LogP contribution in [-0.2, 0) is 16.1 Å². The van der Waals surface area contributed by atoms with E-state index in [0.717, 1.165) is 0 Å². The molecular formula is C21H22ClN3O3S. The fourth-order valence-electron chi connectivity index (χ4n) is 2.82. The molecule has 0 aliphatic carbocycles. The summed E-state index contributed by atoms with van der Waals surface area (Å²) in [4.78, 5) is 29.9. The lowest BCUT2D eigenvalue weighted by molar-refractivity contribution is -0.113. The zero-order valence-electron chi connectivity index (χ0n) is 16.1. The number of para-hydroxylation sites is 1. The number of nitrogens with zero attached hydrogens (tertiary/aromatic N) is 2. The van der Waals surface area contributed by atoms with Gasteiger partial charge in [0, 0.05) is 30.5 Å². The second kappa shape index (κ2) is 10.4. The molecule has 0 fully saturated rings. The zero-order valence-corrected chi connectivity index (χ0v) is 17.6. The van der Waals surface area contributed by atoms with Gasteiger partial charge in [-0.1, -0.05) is 41.6 Å². The minimum Gasteiger partial charge on any atom is -0.382 e. The van der Waals surface area contributed by atoms with E-state index in [1.807, 2.05) is 19.1 Å². The Morgan fingerprint density at radius 3 is 2.86 bits per heavy atom. The van der Waals surface area contributed by atoms with Crippen molar-refractivity contribution in [3.8, 4) is 0 Å². The van der Waals surface area contributed by atoms with Crippen LogP contribution in [0.25, 0.3) is 10.9 Å². The molecule has 0 bridgehead atoms. The first-order chi connectivity index (χ1) is 14.1. The predicted molar refractivity (Wildman–Crippen MR) is 118 cm³/mol. The van der Waals surface area contributed by atoms with Crippen molar-refractivity contribution in [2.75, 3.05) is 24.3 Å². The number of aromatic nitrogens is 2. The Morgan fingerprint density at radius 1 is 1.24 bits per heavy atom. The van der Waals surface area contributed by atoms with Crippen LogP contribution in [0.3, 0.4) is 0 Å². The largest absolute Gasteiger partial charge is 0.382 e. The highest BCUT2D eigenvalue weighted by atomic mass is 35.5. The van der Waals surface area contributed by atoms with E-state index < -0.39 is 0 Å². The first-order valence-electron chi connectivity index (χ1n) is 9.34. The highest BCUT2D eigenvalue weighted by molar-refractivity contribution is 7.99. The molecule has 2 aromatic carbocycles. The van der Waals surface area contributed by atoms with Crippen molar-refractivity contribution in [2.24, 2.45) is 0 Å². The highest BCUT2D eigenvalue weighted by Gasteiger charge is 2.13. The predicted octanol–water partition coefficient (Wildman–Crippen LogP) is 4.21. The quantitative estimate of drug-likeness (QED) is 0.312. The molecule has 0 radical (unpaired) electrons. The molecule has 152 valence electrons. The molecule has 6 nitrogen and oxygen atoms in total. The highest BCUT2D eigenvalue weighted by Crippen LogP contribution is 2.20. The molecule has 0 saturated heterocycles. The monoisotopic (exact) mass is 431 g/mol. The zero-order chi connectivity index (χ0) is 20.6. The van der Waals surface area contributed by atoms with E-state index in [9.17, 15) is 9.59 Å². The molecule has 8 heteroatoms. The molecule has 1 N–H and O–H groups in total. The van der Waals surface area contributed by atoms with Gasteiger partial charge < -0.3 is 10.1 Å². The summed E-state index contributed by atoms with van der Waals surface area (Å²) in [7, 11) is 0. The molecule has 29 heavy (non-hydrogen) atoms. The molecule has 3 rings (SSSR count). The van der Waals surface area contributed by atoms with Crippen molar-refractivity contribution in [1.29, 1.82) is 0 Å². The van der Waals surface area contributed by atoms with Crippen molar-refractivity contribution in [1.82, 2.24) is 9.55 Å². The van der Waals surface area contributed by atoms with Crippen LogP contribution in [0.5, 0.6) is 0 Å². The molecule has 1 aromatic heterocycles. The molecule has 1 amide bonds. The van der Waals surface area contributed by atoms with Gasteiger partial charge >= 0.3 is 0 Å². The number of halogens is 1. The molecule has 3 aromatic rings. The number of ether oxygens (including phenoxy) is 1. The molecule has 0 aliphatic heterocycles. The number of carbonyl (C=O) groups is 1. The van der Waals surface area contributed by atoms with Gasteiger partial charge in [-0.15, -0.1) is 0 Å². The number of fused-ring (bicyclic) bond motifs is 1. The van der Waals surface area contributed by atoms with Gasteiger partial charge in [-0.25, -0.2) is 4.98 Å². The molecule has 0 atom stereocenters. The number of carbonyl (C=O) groups excluding carboxylic acids is 1. The summed E-state index contributed by atoms with van der Waals surface area (Å²) >= 11 is 7.19. The number of rotatable bonds is 9. The minimum absolute atomic E-state index is 0.107. The third-order valence-electron chi connectivity index (χ3n) is 4.14. The van der Waals surface area contributed by atoms with Crippen LogP contribution in [0.15, 0.2) is 58.5 Å². The van der Waals surface area contributed by atoms with E-state index >= 15 is 0 Å².